The van der Waals surface area contributed by atoms with E-state index in [-0.39, 0.29) is 25.2 Å². The Kier molecular flexibility index (Phi) is 6.79. The SMILES string of the molecule is CCNC(=O)N(Cc1nccn1Cc1cccc(C(F)(F)F)c1)CC1CCCO1. The Hall–Kier alpha value is -2.55. The number of amides is 2. The summed E-state index contributed by atoms with van der Waals surface area (Å²) in [5.74, 6) is 0.603. The third kappa shape index (κ3) is 5.72. The summed E-state index contributed by atoms with van der Waals surface area (Å²) in [5, 5.41) is 2.79. The van der Waals surface area contributed by atoms with Crippen molar-refractivity contribution in [2.45, 2.75) is 45.1 Å². The topological polar surface area (TPSA) is 59.4 Å². The second-order valence-electron chi connectivity index (χ2n) is 7.02. The number of aromatic nitrogens is 2. The van der Waals surface area contributed by atoms with Gasteiger partial charge in [0.1, 0.15) is 5.82 Å². The summed E-state index contributed by atoms with van der Waals surface area (Å²) in [6.07, 6.45) is 0.767. The zero-order valence-corrected chi connectivity index (χ0v) is 16.3. The molecule has 3 rings (SSSR count). The van der Waals surface area contributed by atoms with E-state index in [4.69, 9.17) is 4.74 Å². The average Bonchev–Trinajstić information content (AvgIpc) is 3.33. The molecule has 2 aromatic rings. The summed E-state index contributed by atoms with van der Waals surface area (Å²) >= 11 is 0. The first kappa shape index (κ1) is 21.2. The first-order valence-electron chi connectivity index (χ1n) is 9.67. The van der Waals surface area contributed by atoms with E-state index in [2.05, 4.69) is 10.3 Å². The molecule has 1 N–H and O–H groups in total. The van der Waals surface area contributed by atoms with E-state index < -0.39 is 11.7 Å². The van der Waals surface area contributed by atoms with Gasteiger partial charge in [-0.15, -0.1) is 0 Å². The van der Waals surface area contributed by atoms with Crippen molar-refractivity contribution in [2.24, 2.45) is 0 Å². The van der Waals surface area contributed by atoms with Crippen molar-refractivity contribution in [3.8, 4) is 0 Å². The second-order valence-corrected chi connectivity index (χ2v) is 7.02. The highest BCUT2D eigenvalue weighted by atomic mass is 19.4. The highest BCUT2D eigenvalue weighted by Crippen LogP contribution is 2.29. The van der Waals surface area contributed by atoms with E-state index in [1.165, 1.54) is 6.07 Å². The second kappa shape index (κ2) is 9.30. The summed E-state index contributed by atoms with van der Waals surface area (Å²) in [7, 11) is 0. The minimum atomic E-state index is -4.38. The highest BCUT2D eigenvalue weighted by molar-refractivity contribution is 5.74. The smallest absolute Gasteiger partial charge is 0.376 e. The van der Waals surface area contributed by atoms with Gasteiger partial charge in [0, 0.05) is 38.6 Å². The van der Waals surface area contributed by atoms with Crippen molar-refractivity contribution >= 4 is 6.03 Å². The lowest BCUT2D eigenvalue weighted by Gasteiger charge is -2.25. The van der Waals surface area contributed by atoms with E-state index in [1.807, 2.05) is 6.92 Å². The number of carbonyl (C=O) groups excluding carboxylic acids is 1. The molecule has 1 aliphatic heterocycles. The molecule has 1 aliphatic rings. The molecule has 0 aliphatic carbocycles. The van der Waals surface area contributed by atoms with Crippen LogP contribution in [-0.4, -0.2) is 46.3 Å². The Morgan fingerprint density at radius 1 is 1.41 bits per heavy atom. The number of urea groups is 1. The Labute approximate surface area is 167 Å². The fraction of sp³-hybridized carbons (Fsp3) is 0.500. The lowest BCUT2D eigenvalue weighted by Crippen LogP contribution is -2.43. The number of alkyl halides is 3. The molecule has 158 valence electrons. The van der Waals surface area contributed by atoms with E-state index in [0.29, 0.717) is 31.1 Å². The normalized spacial score (nSPS) is 16.8. The third-order valence-electron chi connectivity index (χ3n) is 4.80. The number of nitrogens with zero attached hydrogens (tertiary/aromatic N) is 3. The van der Waals surface area contributed by atoms with Gasteiger partial charge in [-0.25, -0.2) is 9.78 Å². The number of benzene rings is 1. The van der Waals surface area contributed by atoms with Crippen LogP contribution >= 0.6 is 0 Å². The molecule has 0 radical (unpaired) electrons. The van der Waals surface area contributed by atoms with Crippen LogP contribution in [0, 0.1) is 0 Å². The number of carbonyl (C=O) groups is 1. The predicted octanol–water partition coefficient (Wildman–Crippen LogP) is 3.66. The van der Waals surface area contributed by atoms with E-state index in [0.717, 1.165) is 25.0 Å². The molecule has 1 saturated heterocycles. The van der Waals surface area contributed by atoms with Gasteiger partial charge in [0.05, 0.1) is 18.2 Å². The van der Waals surface area contributed by atoms with Crippen LogP contribution < -0.4 is 5.32 Å². The lowest BCUT2D eigenvalue weighted by molar-refractivity contribution is -0.137. The molecule has 1 aromatic carbocycles. The van der Waals surface area contributed by atoms with Gasteiger partial charge in [-0.2, -0.15) is 13.2 Å². The Morgan fingerprint density at radius 3 is 2.93 bits per heavy atom. The van der Waals surface area contributed by atoms with Crippen molar-refractivity contribution in [2.75, 3.05) is 19.7 Å². The molecule has 0 bridgehead atoms. The quantitative estimate of drug-likeness (QED) is 0.758. The monoisotopic (exact) mass is 410 g/mol. The van der Waals surface area contributed by atoms with Gasteiger partial charge < -0.3 is 19.5 Å². The number of hydrogen-bond acceptors (Lipinski definition) is 3. The van der Waals surface area contributed by atoms with Crippen LogP contribution in [0.1, 0.15) is 36.7 Å². The summed E-state index contributed by atoms with van der Waals surface area (Å²) < 4.78 is 46.3. The molecule has 0 saturated carbocycles. The lowest BCUT2D eigenvalue weighted by atomic mass is 10.1. The Balaban J connectivity index is 1.74. The Morgan fingerprint density at radius 2 is 2.24 bits per heavy atom. The molecule has 1 atom stereocenters. The molecule has 9 heteroatoms. The highest BCUT2D eigenvalue weighted by Gasteiger charge is 2.30. The molecule has 2 amide bonds. The summed E-state index contributed by atoms with van der Waals surface area (Å²) in [4.78, 5) is 18.4. The summed E-state index contributed by atoms with van der Waals surface area (Å²) in [5.41, 5.74) is -0.165. The first-order valence-corrected chi connectivity index (χ1v) is 9.67. The van der Waals surface area contributed by atoms with Gasteiger partial charge in [-0.05, 0) is 37.5 Å². The van der Waals surface area contributed by atoms with Crippen LogP contribution in [0.3, 0.4) is 0 Å². The Bertz CT molecular complexity index is 816. The number of rotatable bonds is 7. The maximum absolute atomic E-state index is 13.0. The van der Waals surface area contributed by atoms with Crippen LogP contribution in [-0.2, 0) is 24.0 Å². The third-order valence-corrected chi connectivity index (χ3v) is 4.80. The summed E-state index contributed by atoms with van der Waals surface area (Å²) in [6, 6.07) is 5.02. The molecule has 1 fully saturated rings. The fourth-order valence-corrected chi connectivity index (χ4v) is 3.37. The first-order chi connectivity index (χ1) is 13.9. The molecule has 0 spiro atoms. The molecule has 6 nitrogen and oxygen atoms in total. The molecule has 29 heavy (non-hydrogen) atoms. The number of hydrogen-bond donors (Lipinski definition) is 1. The average molecular weight is 410 g/mol. The van der Waals surface area contributed by atoms with Crippen LogP contribution in [0.4, 0.5) is 18.0 Å². The van der Waals surface area contributed by atoms with Gasteiger partial charge in [-0.3, -0.25) is 0 Å². The predicted molar refractivity (Wildman–Crippen MR) is 101 cm³/mol. The van der Waals surface area contributed by atoms with Gasteiger partial charge in [0.2, 0.25) is 0 Å². The van der Waals surface area contributed by atoms with Crippen LogP contribution in [0.25, 0.3) is 0 Å². The van der Waals surface area contributed by atoms with E-state index >= 15 is 0 Å². The van der Waals surface area contributed by atoms with Crippen LogP contribution in [0.5, 0.6) is 0 Å². The minimum absolute atomic E-state index is 0.00974. The van der Waals surface area contributed by atoms with Gasteiger partial charge in [0.15, 0.2) is 0 Å². The van der Waals surface area contributed by atoms with Gasteiger partial charge in [-0.1, -0.05) is 12.1 Å². The van der Waals surface area contributed by atoms with Crippen molar-refractivity contribution in [3.63, 3.8) is 0 Å². The van der Waals surface area contributed by atoms with Crippen molar-refractivity contribution in [1.29, 1.82) is 0 Å². The number of halogens is 3. The summed E-state index contributed by atoms with van der Waals surface area (Å²) in [6.45, 7) is 3.97. The van der Waals surface area contributed by atoms with Crippen molar-refractivity contribution in [3.05, 3.63) is 53.6 Å². The van der Waals surface area contributed by atoms with Crippen molar-refractivity contribution in [1.82, 2.24) is 19.8 Å². The van der Waals surface area contributed by atoms with Gasteiger partial charge in [0.25, 0.3) is 0 Å². The van der Waals surface area contributed by atoms with E-state index in [1.54, 1.807) is 27.9 Å². The standard InChI is InChI=1S/C20H25F3N4O2/c1-2-24-19(28)27(13-17-7-4-10-29-17)14-18-25-8-9-26(18)12-15-5-3-6-16(11-15)20(21,22)23/h3,5-6,8-9,11,17H,2,4,7,10,12-14H2,1H3,(H,24,28). The largest absolute Gasteiger partial charge is 0.416 e. The number of imidazole rings is 1. The van der Waals surface area contributed by atoms with Gasteiger partial charge >= 0.3 is 12.2 Å². The minimum Gasteiger partial charge on any atom is -0.376 e. The fourth-order valence-electron chi connectivity index (χ4n) is 3.37. The molecular weight excluding hydrogens is 385 g/mol. The molecule has 2 heterocycles. The number of ether oxygens (including phenoxy) is 1. The van der Waals surface area contributed by atoms with Crippen LogP contribution in [0.15, 0.2) is 36.7 Å². The van der Waals surface area contributed by atoms with Crippen LogP contribution in [0.2, 0.25) is 0 Å². The maximum Gasteiger partial charge on any atom is 0.416 e. The molecule has 1 unspecified atom stereocenters. The van der Waals surface area contributed by atoms with Crippen molar-refractivity contribution < 1.29 is 22.7 Å². The van der Waals surface area contributed by atoms with E-state index in [9.17, 15) is 18.0 Å². The molecular formula is C20H25F3N4O2. The number of nitrogens with one attached hydrogen (secondary N) is 1. The molecule has 1 aromatic heterocycles. The maximum atomic E-state index is 13.0. The zero-order chi connectivity index (χ0) is 20.9. The zero-order valence-electron chi connectivity index (χ0n) is 16.3.